The number of nitrogen functional groups attached to an aromatic ring is 1. The van der Waals surface area contributed by atoms with Gasteiger partial charge in [0.2, 0.25) is 5.91 Å². The van der Waals surface area contributed by atoms with E-state index in [0.717, 1.165) is 16.9 Å². The Hall–Kier alpha value is -2.53. The van der Waals surface area contributed by atoms with Crippen LogP contribution in [0.2, 0.25) is 0 Å². The zero-order valence-electron chi connectivity index (χ0n) is 14.0. The molecule has 128 valence electrons. The summed E-state index contributed by atoms with van der Waals surface area (Å²) in [5.74, 6) is 0.657. The van der Waals surface area contributed by atoms with Gasteiger partial charge in [0.1, 0.15) is 12.4 Å². The fraction of sp³-hybridized carbons (Fsp3) is 0.316. The number of rotatable bonds is 9. The van der Waals surface area contributed by atoms with E-state index in [2.05, 4.69) is 5.32 Å². The largest absolute Gasteiger partial charge is 0.491 e. The van der Waals surface area contributed by atoms with Crippen molar-refractivity contribution in [2.24, 2.45) is 0 Å². The van der Waals surface area contributed by atoms with Crippen LogP contribution in [0.25, 0.3) is 0 Å². The third-order valence-corrected chi connectivity index (χ3v) is 3.49. The van der Waals surface area contributed by atoms with E-state index in [-0.39, 0.29) is 5.91 Å². The van der Waals surface area contributed by atoms with E-state index >= 15 is 0 Å². The molecular formula is C19H24N2O3. The topological polar surface area (TPSA) is 73.6 Å². The van der Waals surface area contributed by atoms with Crippen molar-refractivity contribution in [3.8, 4) is 5.75 Å². The Morgan fingerprint density at radius 1 is 1.12 bits per heavy atom. The van der Waals surface area contributed by atoms with Gasteiger partial charge in [-0.2, -0.15) is 0 Å². The SMILES string of the molecule is CCOCCOc1cccc(NC(=O)CCc2ccccc2N)c1. The molecule has 1 amide bonds. The van der Waals surface area contributed by atoms with Crippen molar-refractivity contribution in [1.82, 2.24) is 0 Å². The number of benzene rings is 2. The highest BCUT2D eigenvalue weighted by Crippen LogP contribution is 2.18. The number of amides is 1. The first kappa shape index (κ1) is 17.8. The van der Waals surface area contributed by atoms with Gasteiger partial charge in [0, 0.05) is 30.5 Å². The Labute approximate surface area is 142 Å². The predicted octanol–water partition coefficient (Wildman–Crippen LogP) is 3.26. The zero-order chi connectivity index (χ0) is 17.2. The summed E-state index contributed by atoms with van der Waals surface area (Å²) in [6, 6.07) is 14.9. The van der Waals surface area contributed by atoms with E-state index in [1.807, 2.05) is 49.4 Å². The first-order valence-corrected chi connectivity index (χ1v) is 8.13. The first-order chi connectivity index (χ1) is 11.7. The average molecular weight is 328 g/mol. The molecule has 0 aliphatic rings. The quantitative estimate of drug-likeness (QED) is 0.547. The monoisotopic (exact) mass is 328 g/mol. The molecule has 2 rings (SSSR count). The summed E-state index contributed by atoms with van der Waals surface area (Å²) in [7, 11) is 0. The maximum Gasteiger partial charge on any atom is 0.224 e. The Morgan fingerprint density at radius 3 is 2.75 bits per heavy atom. The Morgan fingerprint density at radius 2 is 1.96 bits per heavy atom. The van der Waals surface area contributed by atoms with E-state index in [0.29, 0.717) is 38.4 Å². The summed E-state index contributed by atoms with van der Waals surface area (Å²) in [5.41, 5.74) is 8.31. The van der Waals surface area contributed by atoms with E-state index in [4.69, 9.17) is 15.2 Å². The highest BCUT2D eigenvalue weighted by Gasteiger charge is 2.06. The number of hydrogen-bond donors (Lipinski definition) is 2. The fourth-order valence-corrected chi connectivity index (χ4v) is 2.26. The first-order valence-electron chi connectivity index (χ1n) is 8.13. The molecule has 0 bridgehead atoms. The number of hydrogen-bond acceptors (Lipinski definition) is 4. The maximum absolute atomic E-state index is 12.1. The van der Waals surface area contributed by atoms with Crippen LogP contribution in [0.1, 0.15) is 18.9 Å². The molecule has 2 aromatic carbocycles. The lowest BCUT2D eigenvalue weighted by atomic mass is 10.1. The summed E-state index contributed by atoms with van der Waals surface area (Å²) in [5, 5.41) is 2.88. The third-order valence-electron chi connectivity index (χ3n) is 3.49. The lowest BCUT2D eigenvalue weighted by molar-refractivity contribution is -0.116. The number of nitrogens with two attached hydrogens (primary N) is 1. The van der Waals surface area contributed by atoms with E-state index in [1.54, 1.807) is 6.07 Å². The van der Waals surface area contributed by atoms with Crippen LogP contribution in [-0.2, 0) is 16.0 Å². The van der Waals surface area contributed by atoms with Gasteiger partial charge in [-0.05, 0) is 37.1 Å². The van der Waals surface area contributed by atoms with E-state index in [1.165, 1.54) is 0 Å². The second-order valence-corrected chi connectivity index (χ2v) is 5.32. The van der Waals surface area contributed by atoms with E-state index in [9.17, 15) is 4.79 Å². The molecule has 5 nitrogen and oxygen atoms in total. The van der Waals surface area contributed by atoms with Crippen molar-refractivity contribution in [1.29, 1.82) is 0 Å². The highest BCUT2D eigenvalue weighted by atomic mass is 16.5. The fourth-order valence-electron chi connectivity index (χ4n) is 2.26. The number of aryl methyl sites for hydroxylation is 1. The van der Waals surface area contributed by atoms with Crippen LogP contribution < -0.4 is 15.8 Å². The van der Waals surface area contributed by atoms with Gasteiger partial charge in [-0.25, -0.2) is 0 Å². The minimum atomic E-state index is -0.0512. The van der Waals surface area contributed by atoms with Crippen LogP contribution in [0, 0.1) is 0 Å². The molecule has 0 aliphatic heterocycles. The second-order valence-electron chi connectivity index (χ2n) is 5.32. The van der Waals surface area contributed by atoms with Gasteiger partial charge >= 0.3 is 0 Å². The molecule has 2 aromatic rings. The third kappa shape index (κ3) is 5.93. The Kier molecular flexibility index (Phi) is 7.11. The van der Waals surface area contributed by atoms with Crippen molar-refractivity contribution in [3.05, 3.63) is 54.1 Å². The number of ether oxygens (including phenoxy) is 2. The summed E-state index contributed by atoms with van der Waals surface area (Å²) >= 11 is 0. The van der Waals surface area contributed by atoms with Gasteiger partial charge in [0.15, 0.2) is 0 Å². The van der Waals surface area contributed by atoms with Gasteiger partial charge in [-0.15, -0.1) is 0 Å². The molecule has 0 atom stereocenters. The highest BCUT2D eigenvalue weighted by molar-refractivity contribution is 5.91. The number of carbonyl (C=O) groups is 1. The summed E-state index contributed by atoms with van der Waals surface area (Å²) in [6.45, 7) is 3.65. The van der Waals surface area contributed by atoms with Gasteiger partial charge < -0.3 is 20.5 Å². The normalized spacial score (nSPS) is 10.4. The molecule has 3 N–H and O–H groups in total. The molecule has 24 heavy (non-hydrogen) atoms. The molecular weight excluding hydrogens is 304 g/mol. The maximum atomic E-state index is 12.1. The molecule has 0 heterocycles. The number of carbonyl (C=O) groups excluding carboxylic acids is 1. The predicted molar refractivity (Wildman–Crippen MR) is 96.2 cm³/mol. The lowest BCUT2D eigenvalue weighted by Gasteiger charge is -2.10. The van der Waals surface area contributed by atoms with Crippen LogP contribution >= 0.6 is 0 Å². The minimum absolute atomic E-state index is 0.0512. The van der Waals surface area contributed by atoms with Gasteiger partial charge in [-0.3, -0.25) is 4.79 Å². The van der Waals surface area contributed by atoms with Crippen molar-refractivity contribution in [2.45, 2.75) is 19.8 Å². The van der Waals surface area contributed by atoms with E-state index < -0.39 is 0 Å². The van der Waals surface area contributed by atoms with Gasteiger partial charge in [0.25, 0.3) is 0 Å². The molecule has 0 fully saturated rings. The van der Waals surface area contributed by atoms with Crippen LogP contribution in [0.4, 0.5) is 11.4 Å². The summed E-state index contributed by atoms with van der Waals surface area (Å²) in [6.07, 6.45) is 0.993. The average Bonchev–Trinajstić information content (AvgIpc) is 2.58. The molecule has 0 radical (unpaired) electrons. The van der Waals surface area contributed by atoms with Crippen LogP contribution in [0.15, 0.2) is 48.5 Å². The van der Waals surface area contributed by atoms with Crippen molar-refractivity contribution >= 4 is 17.3 Å². The summed E-state index contributed by atoms with van der Waals surface area (Å²) in [4.78, 5) is 12.1. The van der Waals surface area contributed by atoms with Crippen molar-refractivity contribution in [2.75, 3.05) is 30.9 Å². The lowest BCUT2D eigenvalue weighted by Crippen LogP contribution is -2.13. The standard InChI is InChI=1S/C19H24N2O3/c1-2-23-12-13-24-17-8-5-7-16(14-17)21-19(22)11-10-15-6-3-4-9-18(15)20/h3-9,14H,2,10-13,20H2,1H3,(H,21,22). The summed E-state index contributed by atoms with van der Waals surface area (Å²) < 4.78 is 10.8. The molecule has 0 saturated carbocycles. The second kappa shape index (κ2) is 9.57. The van der Waals surface area contributed by atoms with Gasteiger partial charge in [0.05, 0.1) is 6.61 Å². The number of anilines is 2. The smallest absolute Gasteiger partial charge is 0.224 e. The van der Waals surface area contributed by atoms with Crippen LogP contribution in [-0.4, -0.2) is 25.7 Å². The van der Waals surface area contributed by atoms with Crippen molar-refractivity contribution < 1.29 is 14.3 Å². The zero-order valence-corrected chi connectivity index (χ0v) is 14.0. The molecule has 0 aliphatic carbocycles. The number of nitrogens with one attached hydrogen (secondary N) is 1. The van der Waals surface area contributed by atoms with Gasteiger partial charge in [-0.1, -0.05) is 24.3 Å². The molecule has 0 spiro atoms. The molecule has 0 saturated heterocycles. The molecule has 5 heteroatoms. The minimum Gasteiger partial charge on any atom is -0.491 e. The van der Waals surface area contributed by atoms with Crippen molar-refractivity contribution in [3.63, 3.8) is 0 Å². The molecule has 0 unspecified atom stereocenters. The Balaban J connectivity index is 1.82. The van der Waals surface area contributed by atoms with Crippen LogP contribution in [0.5, 0.6) is 5.75 Å². The number of para-hydroxylation sites is 1. The molecule has 0 aromatic heterocycles. The van der Waals surface area contributed by atoms with Crippen LogP contribution in [0.3, 0.4) is 0 Å². The Bertz CT molecular complexity index is 659.